The van der Waals surface area contributed by atoms with Crippen molar-refractivity contribution in [3.05, 3.63) is 65.9 Å². The standard InChI is InChI=1S/C24H23N3O2/c1-15-7-2-3-9-17(15)22-23-19(18-10-4-5-11-20(18)26-23)13-21(27-22)24(28)25-14-16-8-6-12-29-16/h2-5,7,9-11,13,16,26H,6,8,12,14H2,1H3,(H,25,28)/t16-/m1/s1. The zero-order valence-corrected chi connectivity index (χ0v) is 16.4. The number of rotatable bonds is 4. The van der Waals surface area contributed by atoms with Gasteiger partial charge in [0.25, 0.3) is 5.91 Å². The molecular weight excluding hydrogens is 362 g/mol. The van der Waals surface area contributed by atoms with Crippen molar-refractivity contribution < 1.29 is 9.53 Å². The van der Waals surface area contributed by atoms with Gasteiger partial charge in [0.05, 0.1) is 17.3 Å². The molecule has 1 aliphatic heterocycles. The maximum absolute atomic E-state index is 12.9. The Labute approximate surface area is 169 Å². The lowest BCUT2D eigenvalue weighted by molar-refractivity contribution is 0.0854. The molecule has 4 aromatic rings. The van der Waals surface area contributed by atoms with Gasteiger partial charge in [0.1, 0.15) is 5.69 Å². The number of aromatic nitrogens is 2. The van der Waals surface area contributed by atoms with Crippen molar-refractivity contribution in [1.82, 2.24) is 15.3 Å². The number of para-hydroxylation sites is 1. The number of aryl methyl sites for hydroxylation is 1. The molecule has 0 bridgehead atoms. The molecule has 1 aliphatic rings. The summed E-state index contributed by atoms with van der Waals surface area (Å²) in [6, 6.07) is 18.2. The van der Waals surface area contributed by atoms with E-state index in [4.69, 9.17) is 9.72 Å². The van der Waals surface area contributed by atoms with Crippen molar-refractivity contribution in [2.75, 3.05) is 13.2 Å². The molecule has 29 heavy (non-hydrogen) atoms. The highest BCUT2D eigenvalue weighted by atomic mass is 16.5. The highest BCUT2D eigenvalue weighted by Gasteiger charge is 2.20. The van der Waals surface area contributed by atoms with E-state index in [9.17, 15) is 4.79 Å². The fourth-order valence-corrected chi connectivity index (χ4v) is 4.10. The Morgan fingerprint density at radius 3 is 2.83 bits per heavy atom. The van der Waals surface area contributed by atoms with E-state index in [-0.39, 0.29) is 12.0 Å². The predicted octanol–water partition coefficient (Wildman–Crippen LogP) is 4.60. The van der Waals surface area contributed by atoms with Gasteiger partial charge in [-0.3, -0.25) is 4.79 Å². The number of ether oxygens (including phenoxy) is 1. The van der Waals surface area contributed by atoms with E-state index in [1.807, 2.05) is 36.4 Å². The molecule has 5 nitrogen and oxygen atoms in total. The normalized spacial score (nSPS) is 16.5. The molecule has 0 unspecified atom stereocenters. The van der Waals surface area contributed by atoms with Crippen LogP contribution in [0.15, 0.2) is 54.6 Å². The van der Waals surface area contributed by atoms with E-state index in [0.717, 1.165) is 58.1 Å². The molecule has 2 N–H and O–H groups in total. The summed E-state index contributed by atoms with van der Waals surface area (Å²) in [6.45, 7) is 3.36. The lowest BCUT2D eigenvalue weighted by Gasteiger charge is -2.12. The van der Waals surface area contributed by atoms with Crippen LogP contribution in [0.2, 0.25) is 0 Å². The van der Waals surface area contributed by atoms with Gasteiger partial charge in [0, 0.05) is 35.0 Å². The summed E-state index contributed by atoms with van der Waals surface area (Å²) in [4.78, 5) is 21.2. The molecule has 0 aliphatic carbocycles. The first-order chi connectivity index (χ1) is 14.2. The largest absolute Gasteiger partial charge is 0.376 e. The van der Waals surface area contributed by atoms with E-state index in [0.29, 0.717) is 12.2 Å². The molecule has 1 amide bonds. The highest BCUT2D eigenvalue weighted by molar-refractivity contribution is 6.13. The second-order valence-electron chi connectivity index (χ2n) is 7.61. The molecule has 1 saturated heterocycles. The summed E-state index contributed by atoms with van der Waals surface area (Å²) in [5.74, 6) is -0.164. The lowest BCUT2D eigenvalue weighted by Crippen LogP contribution is -2.32. The maximum Gasteiger partial charge on any atom is 0.270 e. The number of carbonyl (C=O) groups is 1. The quantitative estimate of drug-likeness (QED) is 0.539. The summed E-state index contributed by atoms with van der Waals surface area (Å²) in [5, 5.41) is 5.10. The number of fused-ring (bicyclic) bond motifs is 3. The third-order valence-corrected chi connectivity index (χ3v) is 5.64. The number of nitrogens with zero attached hydrogens (tertiary/aromatic N) is 1. The molecule has 2 aromatic heterocycles. The minimum Gasteiger partial charge on any atom is -0.376 e. The number of hydrogen-bond acceptors (Lipinski definition) is 3. The smallest absolute Gasteiger partial charge is 0.270 e. The van der Waals surface area contributed by atoms with E-state index in [2.05, 4.69) is 35.4 Å². The number of pyridine rings is 1. The van der Waals surface area contributed by atoms with E-state index in [1.54, 1.807) is 0 Å². The van der Waals surface area contributed by atoms with Crippen molar-refractivity contribution >= 4 is 27.7 Å². The zero-order valence-electron chi connectivity index (χ0n) is 16.4. The second kappa shape index (κ2) is 7.33. The van der Waals surface area contributed by atoms with Crippen LogP contribution in [0.5, 0.6) is 0 Å². The minimum absolute atomic E-state index is 0.103. The monoisotopic (exact) mass is 385 g/mol. The highest BCUT2D eigenvalue weighted by Crippen LogP contribution is 2.33. The Morgan fingerprint density at radius 1 is 1.17 bits per heavy atom. The van der Waals surface area contributed by atoms with Gasteiger partial charge in [-0.05, 0) is 37.5 Å². The van der Waals surface area contributed by atoms with E-state index < -0.39 is 0 Å². The van der Waals surface area contributed by atoms with Crippen LogP contribution < -0.4 is 5.32 Å². The van der Waals surface area contributed by atoms with Gasteiger partial charge < -0.3 is 15.0 Å². The number of hydrogen-bond donors (Lipinski definition) is 2. The molecule has 1 fully saturated rings. The number of nitrogens with one attached hydrogen (secondary N) is 2. The van der Waals surface area contributed by atoms with Crippen molar-refractivity contribution in [2.45, 2.75) is 25.9 Å². The second-order valence-corrected chi connectivity index (χ2v) is 7.61. The predicted molar refractivity (Wildman–Crippen MR) is 115 cm³/mol. The maximum atomic E-state index is 12.9. The average Bonchev–Trinajstić information content (AvgIpc) is 3.39. The van der Waals surface area contributed by atoms with Gasteiger partial charge in [-0.1, -0.05) is 42.5 Å². The van der Waals surface area contributed by atoms with Gasteiger partial charge >= 0.3 is 0 Å². The number of aromatic amines is 1. The Bertz CT molecular complexity index is 1210. The summed E-state index contributed by atoms with van der Waals surface area (Å²) >= 11 is 0. The van der Waals surface area contributed by atoms with Crippen LogP contribution in [0.4, 0.5) is 0 Å². The average molecular weight is 385 g/mol. The summed E-state index contributed by atoms with van der Waals surface area (Å²) in [7, 11) is 0. The molecule has 5 rings (SSSR count). The molecule has 0 spiro atoms. The van der Waals surface area contributed by atoms with Crippen molar-refractivity contribution in [1.29, 1.82) is 0 Å². The molecular formula is C24H23N3O2. The third-order valence-electron chi connectivity index (χ3n) is 5.64. The summed E-state index contributed by atoms with van der Waals surface area (Å²) in [5.41, 5.74) is 5.37. The van der Waals surface area contributed by atoms with Crippen molar-refractivity contribution in [2.24, 2.45) is 0 Å². The van der Waals surface area contributed by atoms with E-state index in [1.165, 1.54) is 0 Å². The molecule has 1 atom stereocenters. The summed E-state index contributed by atoms with van der Waals surface area (Å²) in [6.07, 6.45) is 2.15. The number of carbonyl (C=O) groups excluding carboxylic acids is 1. The fraction of sp³-hybridized carbons (Fsp3) is 0.250. The van der Waals surface area contributed by atoms with Crippen LogP contribution in [0.1, 0.15) is 28.9 Å². The van der Waals surface area contributed by atoms with Crippen LogP contribution in [0.3, 0.4) is 0 Å². The van der Waals surface area contributed by atoms with Gasteiger partial charge in [-0.15, -0.1) is 0 Å². The van der Waals surface area contributed by atoms with Crippen molar-refractivity contribution in [3.8, 4) is 11.3 Å². The Hall–Kier alpha value is -3.18. The zero-order chi connectivity index (χ0) is 19.8. The van der Waals surface area contributed by atoms with Crippen LogP contribution in [0.25, 0.3) is 33.1 Å². The molecule has 0 saturated carbocycles. The SMILES string of the molecule is Cc1ccccc1-c1nc(C(=O)NC[C@H]2CCCO2)cc2c1[nH]c1ccccc12. The van der Waals surface area contributed by atoms with Crippen molar-refractivity contribution in [3.63, 3.8) is 0 Å². The third kappa shape index (κ3) is 3.28. The Morgan fingerprint density at radius 2 is 2.00 bits per heavy atom. The van der Waals surface area contributed by atoms with Crippen LogP contribution >= 0.6 is 0 Å². The van der Waals surface area contributed by atoms with Gasteiger partial charge in [-0.2, -0.15) is 0 Å². The molecule has 146 valence electrons. The molecule has 2 aromatic carbocycles. The van der Waals surface area contributed by atoms with Crippen LogP contribution in [0, 0.1) is 6.92 Å². The topological polar surface area (TPSA) is 67.0 Å². The number of amides is 1. The first-order valence-electron chi connectivity index (χ1n) is 10.1. The molecule has 0 radical (unpaired) electrons. The minimum atomic E-state index is -0.164. The number of benzene rings is 2. The Kier molecular flexibility index (Phi) is 4.52. The molecule has 3 heterocycles. The number of H-pyrrole nitrogens is 1. The first-order valence-corrected chi connectivity index (χ1v) is 10.1. The van der Waals surface area contributed by atoms with Crippen LogP contribution in [-0.2, 0) is 4.74 Å². The van der Waals surface area contributed by atoms with Crippen LogP contribution in [-0.4, -0.2) is 35.1 Å². The van der Waals surface area contributed by atoms with E-state index >= 15 is 0 Å². The lowest BCUT2D eigenvalue weighted by atomic mass is 10.0. The Balaban J connectivity index is 1.63. The fourth-order valence-electron chi connectivity index (χ4n) is 4.10. The summed E-state index contributed by atoms with van der Waals surface area (Å²) < 4.78 is 5.62. The van der Waals surface area contributed by atoms with Gasteiger partial charge in [0.2, 0.25) is 0 Å². The first kappa shape index (κ1) is 17.9. The molecule has 5 heteroatoms. The van der Waals surface area contributed by atoms with Gasteiger partial charge in [0.15, 0.2) is 0 Å². The van der Waals surface area contributed by atoms with Gasteiger partial charge in [-0.25, -0.2) is 4.98 Å².